The SMILES string of the molecule is CCC[C@H](CC(=O)NCCSCC(=O)O)NC(=O)OCC1c2ccccc2-c2ccccc21. The highest BCUT2D eigenvalue weighted by Crippen LogP contribution is 2.44. The minimum atomic E-state index is -0.873. The summed E-state index contributed by atoms with van der Waals surface area (Å²) in [6, 6.07) is 16.0. The second-order valence-electron chi connectivity index (χ2n) is 7.96. The lowest BCUT2D eigenvalue weighted by atomic mass is 9.98. The molecular formula is C25H30N2O5S. The molecule has 0 aromatic heterocycles. The Labute approximate surface area is 198 Å². The number of hydrogen-bond donors (Lipinski definition) is 3. The van der Waals surface area contributed by atoms with Gasteiger partial charge in [-0.2, -0.15) is 0 Å². The Bertz CT molecular complexity index is 935. The van der Waals surface area contributed by atoms with E-state index in [0.29, 0.717) is 18.7 Å². The van der Waals surface area contributed by atoms with E-state index in [9.17, 15) is 14.4 Å². The van der Waals surface area contributed by atoms with Crippen LogP contribution in [0.4, 0.5) is 4.79 Å². The molecule has 0 heterocycles. The van der Waals surface area contributed by atoms with Gasteiger partial charge in [0.2, 0.25) is 5.91 Å². The summed E-state index contributed by atoms with van der Waals surface area (Å²) >= 11 is 1.25. The van der Waals surface area contributed by atoms with Crippen LogP contribution in [0.25, 0.3) is 11.1 Å². The number of carboxylic acids is 1. The maximum absolute atomic E-state index is 12.5. The average Bonchev–Trinajstić information content (AvgIpc) is 3.11. The van der Waals surface area contributed by atoms with Crippen LogP contribution >= 0.6 is 11.8 Å². The van der Waals surface area contributed by atoms with E-state index in [4.69, 9.17) is 9.84 Å². The van der Waals surface area contributed by atoms with E-state index < -0.39 is 12.1 Å². The first-order valence-electron chi connectivity index (χ1n) is 11.2. The zero-order valence-electron chi connectivity index (χ0n) is 18.7. The Morgan fingerprint density at radius 3 is 2.30 bits per heavy atom. The minimum absolute atomic E-state index is 0.0116. The van der Waals surface area contributed by atoms with Gasteiger partial charge < -0.3 is 20.5 Å². The van der Waals surface area contributed by atoms with Gasteiger partial charge in [0.1, 0.15) is 6.61 Å². The number of benzene rings is 2. The second kappa shape index (κ2) is 12.3. The molecule has 7 nitrogen and oxygen atoms in total. The molecule has 2 aromatic rings. The number of nitrogens with one attached hydrogen (secondary N) is 2. The topological polar surface area (TPSA) is 105 Å². The van der Waals surface area contributed by atoms with Crippen LogP contribution < -0.4 is 10.6 Å². The summed E-state index contributed by atoms with van der Waals surface area (Å²) < 4.78 is 5.59. The molecule has 0 aliphatic heterocycles. The van der Waals surface area contributed by atoms with Crippen molar-refractivity contribution in [3.05, 3.63) is 59.7 Å². The predicted octanol–water partition coefficient (Wildman–Crippen LogP) is 4.02. The zero-order valence-corrected chi connectivity index (χ0v) is 19.5. The van der Waals surface area contributed by atoms with E-state index in [2.05, 4.69) is 34.9 Å². The smallest absolute Gasteiger partial charge is 0.407 e. The summed E-state index contributed by atoms with van der Waals surface area (Å²) in [6.07, 6.45) is 1.10. The molecule has 0 fully saturated rings. The monoisotopic (exact) mass is 470 g/mol. The highest BCUT2D eigenvalue weighted by Gasteiger charge is 2.29. The molecule has 3 rings (SSSR count). The average molecular weight is 471 g/mol. The molecule has 0 radical (unpaired) electrons. The standard InChI is InChI=1S/C25H30N2O5S/c1-2-7-17(14-23(28)26-12-13-33-16-24(29)30)27-25(31)32-15-22-20-10-5-3-8-18(20)19-9-4-6-11-21(19)22/h3-6,8-11,17,22H,2,7,12-16H2,1H3,(H,26,28)(H,27,31)(H,29,30)/t17-/m1/s1. The van der Waals surface area contributed by atoms with Crippen molar-refractivity contribution in [1.29, 1.82) is 0 Å². The van der Waals surface area contributed by atoms with Crippen LogP contribution in [-0.2, 0) is 14.3 Å². The number of rotatable bonds is 12. The van der Waals surface area contributed by atoms with E-state index in [1.54, 1.807) is 0 Å². The highest BCUT2D eigenvalue weighted by atomic mass is 32.2. The third-order valence-corrected chi connectivity index (χ3v) is 6.47. The van der Waals surface area contributed by atoms with Crippen LogP contribution in [0.15, 0.2) is 48.5 Å². The van der Waals surface area contributed by atoms with Crippen LogP contribution in [0.1, 0.15) is 43.2 Å². The van der Waals surface area contributed by atoms with Gasteiger partial charge in [-0.15, -0.1) is 11.8 Å². The molecule has 0 saturated carbocycles. The molecule has 3 N–H and O–H groups in total. The third-order valence-electron chi connectivity index (χ3n) is 5.53. The maximum atomic E-state index is 12.5. The molecule has 8 heteroatoms. The lowest BCUT2D eigenvalue weighted by Gasteiger charge is -2.19. The lowest BCUT2D eigenvalue weighted by Crippen LogP contribution is -2.40. The number of thioether (sulfide) groups is 1. The number of aliphatic carboxylic acids is 1. The van der Waals surface area contributed by atoms with Gasteiger partial charge in [-0.05, 0) is 28.7 Å². The number of carbonyl (C=O) groups is 3. The van der Waals surface area contributed by atoms with Crippen LogP contribution in [0, 0.1) is 0 Å². The number of hydrogen-bond acceptors (Lipinski definition) is 5. The normalized spacial score (nSPS) is 13.0. The first kappa shape index (κ1) is 24.6. The van der Waals surface area contributed by atoms with Crippen molar-refractivity contribution in [3.63, 3.8) is 0 Å². The molecule has 0 bridgehead atoms. The van der Waals surface area contributed by atoms with Gasteiger partial charge in [0.15, 0.2) is 0 Å². The van der Waals surface area contributed by atoms with Crippen LogP contribution in [0.5, 0.6) is 0 Å². The molecule has 176 valence electrons. The number of ether oxygens (including phenoxy) is 1. The Kier molecular flexibility index (Phi) is 9.18. The van der Waals surface area contributed by atoms with Crippen molar-refractivity contribution in [2.24, 2.45) is 0 Å². The molecule has 0 spiro atoms. The number of carbonyl (C=O) groups excluding carboxylic acids is 2. The summed E-state index contributed by atoms with van der Waals surface area (Å²) in [5.41, 5.74) is 4.64. The van der Waals surface area contributed by atoms with E-state index in [1.807, 2.05) is 31.2 Å². The van der Waals surface area contributed by atoms with Gasteiger partial charge in [-0.25, -0.2) is 4.79 Å². The van der Waals surface area contributed by atoms with Gasteiger partial charge in [-0.3, -0.25) is 9.59 Å². The quantitative estimate of drug-likeness (QED) is 0.405. The van der Waals surface area contributed by atoms with Crippen LogP contribution in [0.3, 0.4) is 0 Å². The number of amides is 2. The molecule has 1 atom stereocenters. The van der Waals surface area contributed by atoms with Gasteiger partial charge in [0.25, 0.3) is 0 Å². The molecule has 33 heavy (non-hydrogen) atoms. The fraction of sp³-hybridized carbons (Fsp3) is 0.400. The van der Waals surface area contributed by atoms with Crippen molar-refractivity contribution in [2.75, 3.05) is 24.7 Å². The summed E-state index contributed by atoms with van der Waals surface area (Å²) in [4.78, 5) is 35.3. The third kappa shape index (κ3) is 6.99. The lowest BCUT2D eigenvalue weighted by molar-refractivity contribution is -0.133. The fourth-order valence-corrected chi connectivity index (χ4v) is 4.66. The van der Waals surface area contributed by atoms with E-state index in [0.717, 1.165) is 17.5 Å². The van der Waals surface area contributed by atoms with Crippen molar-refractivity contribution in [3.8, 4) is 11.1 Å². The van der Waals surface area contributed by atoms with Gasteiger partial charge in [0.05, 0.1) is 5.75 Å². The maximum Gasteiger partial charge on any atom is 0.407 e. The molecule has 1 aliphatic carbocycles. The van der Waals surface area contributed by atoms with Gasteiger partial charge >= 0.3 is 12.1 Å². The minimum Gasteiger partial charge on any atom is -0.481 e. The fourth-order valence-electron chi connectivity index (χ4n) is 4.10. The molecule has 2 aromatic carbocycles. The summed E-state index contributed by atoms with van der Waals surface area (Å²) in [6.45, 7) is 2.61. The highest BCUT2D eigenvalue weighted by molar-refractivity contribution is 7.99. The van der Waals surface area contributed by atoms with Crippen molar-refractivity contribution in [2.45, 2.75) is 38.1 Å². The van der Waals surface area contributed by atoms with Crippen molar-refractivity contribution < 1.29 is 24.2 Å². The number of alkyl carbamates (subject to hydrolysis) is 1. The second-order valence-corrected chi connectivity index (χ2v) is 9.06. The Hall–Kier alpha value is -3.00. The summed E-state index contributed by atoms with van der Waals surface area (Å²) in [5.74, 6) is -0.530. The van der Waals surface area contributed by atoms with Crippen molar-refractivity contribution in [1.82, 2.24) is 10.6 Å². The first-order chi connectivity index (χ1) is 16.0. The largest absolute Gasteiger partial charge is 0.481 e. The molecule has 2 amide bonds. The van der Waals surface area contributed by atoms with E-state index >= 15 is 0 Å². The van der Waals surface area contributed by atoms with Crippen LogP contribution in [0.2, 0.25) is 0 Å². The molecule has 1 aliphatic rings. The Balaban J connectivity index is 1.49. The summed E-state index contributed by atoms with van der Waals surface area (Å²) in [7, 11) is 0. The number of fused-ring (bicyclic) bond motifs is 3. The van der Waals surface area contributed by atoms with Gasteiger partial charge in [-0.1, -0.05) is 61.9 Å². The Morgan fingerprint density at radius 2 is 1.70 bits per heavy atom. The Morgan fingerprint density at radius 1 is 1.06 bits per heavy atom. The zero-order chi connectivity index (χ0) is 23.6. The number of carboxylic acid groups (broad SMARTS) is 1. The molecule has 0 saturated heterocycles. The van der Waals surface area contributed by atoms with Gasteiger partial charge in [0, 0.05) is 30.7 Å². The molecule has 0 unspecified atom stereocenters. The van der Waals surface area contributed by atoms with Crippen LogP contribution in [-0.4, -0.2) is 53.8 Å². The van der Waals surface area contributed by atoms with Crippen molar-refractivity contribution >= 4 is 29.7 Å². The first-order valence-corrected chi connectivity index (χ1v) is 12.3. The predicted molar refractivity (Wildman–Crippen MR) is 129 cm³/mol. The van der Waals surface area contributed by atoms with E-state index in [1.165, 1.54) is 22.9 Å². The summed E-state index contributed by atoms with van der Waals surface area (Å²) in [5, 5.41) is 14.2. The molecular weight excluding hydrogens is 440 g/mol. The van der Waals surface area contributed by atoms with E-state index in [-0.39, 0.29) is 36.6 Å².